The number of methoxy groups -OCH3 is 2. The summed E-state index contributed by atoms with van der Waals surface area (Å²) in [5.41, 5.74) is 1.96. The Bertz CT molecular complexity index is 1100. The zero-order chi connectivity index (χ0) is 27.7. The van der Waals surface area contributed by atoms with Crippen LogP contribution in [0.25, 0.3) is 0 Å². The van der Waals surface area contributed by atoms with Crippen LogP contribution in [0, 0.1) is 12.8 Å². The van der Waals surface area contributed by atoms with Crippen LogP contribution in [0.3, 0.4) is 0 Å². The molecule has 3 atom stereocenters. The van der Waals surface area contributed by atoms with E-state index in [0.29, 0.717) is 0 Å². The van der Waals surface area contributed by atoms with Crippen molar-refractivity contribution in [3.8, 4) is 17.2 Å². The van der Waals surface area contributed by atoms with Crippen molar-refractivity contribution >= 4 is 17.8 Å². The van der Waals surface area contributed by atoms with Crippen LogP contribution in [-0.2, 0) is 19.1 Å². The maximum Gasteiger partial charge on any atom is 0.328 e. The zero-order valence-electron chi connectivity index (χ0n) is 22.6. The molecule has 0 saturated carbocycles. The van der Waals surface area contributed by atoms with Gasteiger partial charge in [0.2, 0.25) is 6.79 Å². The molecule has 0 unspecified atom stereocenters. The van der Waals surface area contributed by atoms with E-state index in [2.05, 4.69) is 24.1 Å². The number of aromatic nitrogens is 1. The SMILES string of the molecule is COc1ccc([C@H](C(C)C)[C@H](C)OC(=O)[C@H](C)NC(=O)c2nccc(OC)c2OCOC(C)=O)c(C)c1. The first kappa shape index (κ1) is 29.4. The molecule has 1 aromatic carbocycles. The van der Waals surface area contributed by atoms with Gasteiger partial charge in [0.05, 0.1) is 14.2 Å². The Morgan fingerprint density at radius 3 is 2.30 bits per heavy atom. The highest BCUT2D eigenvalue weighted by molar-refractivity contribution is 5.98. The van der Waals surface area contributed by atoms with Crippen LogP contribution >= 0.6 is 0 Å². The summed E-state index contributed by atoms with van der Waals surface area (Å²) in [4.78, 5) is 41.0. The second kappa shape index (κ2) is 13.5. The second-order valence-corrected chi connectivity index (χ2v) is 8.92. The van der Waals surface area contributed by atoms with Gasteiger partial charge in [-0.1, -0.05) is 19.9 Å². The monoisotopic (exact) mass is 516 g/mol. The summed E-state index contributed by atoms with van der Waals surface area (Å²) >= 11 is 0. The minimum atomic E-state index is -0.978. The van der Waals surface area contributed by atoms with Gasteiger partial charge in [0, 0.05) is 25.1 Å². The highest BCUT2D eigenvalue weighted by Gasteiger charge is 2.30. The summed E-state index contributed by atoms with van der Waals surface area (Å²) in [6.07, 6.45) is 0.901. The van der Waals surface area contributed by atoms with Gasteiger partial charge in [-0.3, -0.25) is 9.59 Å². The standard InChI is InChI=1S/C27H36N2O8/c1-15(2)23(21-10-9-20(33-7)13-16(21)3)18(5)37-27(32)17(4)29-26(31)24-25(36-14-35-19(6)30)22(34-8)11-12-28-24/h9-13,15,17-18,23H,14H2,1-8H3,(H,29,31)/t17-,18-,23+/m0/s1. The lowest BCUT2D eigenvalue weighted by molar-refractivity contribution is -0.152. The van der Waals surface area contributed by atoms with Crippen LogP contribution in [0.5, 0.6) is 17.2 Å². The first-order chi connectivity index (χ1) is 17.5. The van der Waals surface area contributed by atoms with Crippen molar-refractivity contribution in [1.29, 1.82) is 0 Å². The molecule has 0 aliphatic carbocycles. The summed E-state index contributed by atoms with van der Waals surface area (Å²) < 4.78 is 26.5. The van der Waals surface area contributed by atoms with Crippen molar-refractivity contribution in [1.82, 2.24) is 10.3 Å². The lowest BCUT2D eigenvalue weighted by Gasteiger charge is -2.30. The van der Waals surface area contributed by atoms with E-state index in [0.717, 1.165) is 16.9 Å². The number of carbonyl (C=O) groups is 3. The molecule has 0 bridgehead atoms. The largest absolute Gasteiger partial charge is 0.497 e. The highest BCUT2D eigenvalue weighted by atomic mass is 16.7. The number of amides is 1. The van der Waals surface area contributed by atoms with Crippen LogP contribution in [0.2, 0.25) is 0 Å². The molecule has 2 aromatic rings. The number of pyridine rings is 1. The van der Waals surface area contributed by atoms with Crippen molar-refractivity contribution in [3.05, 3.63) is 47.3 Å². The van der Waals surface area contributed by atoms with Crippen molar-refractivity contribution in [3.63, 3.8) is 0 Å². The maximum atomic E-state index is 13.0. The predicted octanol–water partition coefficient (Wildman–Crippen LogP) is 3.80. The smallest absolute Gasteiger partial charge is 0.328 e. The number of carbonyl (C=O) groups excluding carboxylic acids is 3. The Labute approximate surface area is 217 Å². The van der Waals surface area contributed by atoms with E-state index < -0.39 is 36.8 Å². The van der Waals surface area contributed by atoms with Gasteiger partial charge < -0.3 is 29.0 Å². The fourth-order valence-corrected chi connectivity index (χ4v) is 4.05. The van der Waals surface area contributed by atoms with Crippen LogP contribution in [0.15, 0.2) is 30.5 Å². The molecule has 37 heavy (non-hydrogen) atoms. The van der Waals surface area contributed by atoms with Gasteiger partial charge in [0.25, 0.3) is 5.91 Å². The average molecular weight is 517 g/mol. The van der Waals surface area contributed by atoms with Crippen molar-refractivity contribution in [2.24, 2.45) is 5.92 Å². The van der Waals surface area contributed by atoms with Crippen molar-refractivity contribution in [2.45, 2.75) is 59.6 Å². The summed E-state index contributed by atoms with van der Waals surface area (Å²) in [7, 11) is 3.01. The van der Waals surface area contributed by atoms with Gasteiger partial charge in [0.1, 0.15) is 17.9 Å². The number of rotatable bonds is 12. The van der Waals surface area contributed by atoms with Gasteiger partial charge in [-0.05, 0) is 49.9 Å². The predicted molar refractivity (Wildman–Crippen MR) is 136 cm³/mol. The maximum absolute atomic E-state index is 13.0. The second-order valence-electron chi connectivity index (χ2n) is 8.92. The zero-order valence-corrected chi connectivity index (χ0v) is 22.6. The Morgan fingerprint density at radius 2 is 1.73 bits per heavy atom. The minimum absolute atomic E-state index is 0.0208. The summed E-state index contributed by atoms with van der Waals surface area (Å²) in [5, 5.41) is 2.59. The molecule has 0 radical (unpaired) electrons. The molecular weight excluding hydrogens is 480 g/mol. The molecule has 0 saturated heterocycles. The Kier molecular flexibility index (Phi) is 10.7. The molecule has 1 N–H and O–H groups in total. The molecule has 0 spiro atoms. The van der Waals surface area contributed by atoms with E-state index in [1.165, 1.54) is 33.2 Å². The molecule has 1 amide bonds. The first-order valence-corrected chi connectivity index (χ1v) is 11.9. The molecule has 1 heterocycles. The van der Waals surface area contributed by atoms with Crippen LogP contribution in [-0.4, -0.2) is 56.0 Å². The number of hydrogen-bond acceptors (Lipinski definition) is 9. The summed E-state index contributed by atoms with van der Waals surface area (Å²) in [6, 6.07) is 6.34. The number of ether oxygens (including phenoxy) is 5. The average Bonchev–Trinajstić information content (AvgIpc) is 2.84. The normalized spacial score (nSPS) is 13.2. The van der Waals surface area contributed by atoms with Gasteiger partial charge in [-0.2, -0.15) is 0 Å². The number of benzene rings is 1. The molecule has 2 rings (SSSR count). The minimum Gasteiger partial charge on any atom is -0.497 e. The number of nitrogens with zero attached hydrogens (tertiary/aromatic N) is 1. The topological polar surface area (TPSA) is 122 Å². The Balaban J connectivity index is 2.14. The third kappa shape index (κ3) is 7.83. The third-order valence-corrected chi connectivity index (χ3v) is 5.83. The molecule has 202 valence electrons. The summed E-state index contributed by atoms with van der Waals surface area (Å²) in [6.45, 7) is 10.3. The lowest BCUT2D eigenvalue weighted by atomic mass is 9.82. The number of hydrogen-bond donors (Lipinski definition) is 1. The van der Waals surface area contributed by atoms with E-state index >= 15 is 0 Å². The number of esters is 2. The van der Waals surface area contributed by atoms with Gasteiger partial charge in [0.15, 0.2) is 17.2 Å². The Hall–Kier alpha value is -3.82. The molecule has 0 aliphatic heterocycles. The van der Waals surface area contributed by atoms with E-state index in [-0.39, 0.29) is 29.0 Å². The van der Waals surface area contributed by atoms with Gasteiger partial charge in [-0.25, -0.2) is 9.78 Å². The van der Waals surface area contributed by atoms with E-state index in [1.54, 1.807) is 7.11 Å². The van der Waals surface area contributed by atoms with E-state index in [1.807, 2.05) is 32.0 Å². The van der Waals surface area contributed by atoms with Gasteiger partial charge in [-0.15, -0.1) is 0 Å². The molecule has 0 aliphatic rings. The van der Waals surface area contributed by atoms with Crippen LogP contribution in [0.1, 0.15) is 62.2 Å². The molecule has 10 nitrogen and oxygen atoms in total. The molecular formula is C27H36N2O8. The Morgan fingerprint density at radius 1 is 1.03 bits per heavy atom. The van der Waals surface area contributed by atoms with E-state index in [4.69, 9.17) is 23.7 Å². The van der Waals surface area contributed by atoms with Crippen molar-refractivity contribution in [2.75, 3.05) is 21.0 Å². The molecule has 0 fully saturated rings. The van der Waals surface area contributed by atoms with Crippen LogP contribution in [0.4, 0.5) is 0 Å². The number of nitrogens with one attached hydrogen (secondary N) is 1. The van der Waals surface area contributed by atoms with Gasteiger partial charge >= 0.3 is 11.9 Å². The van der Waals surface area contributed by atoms with Crippen molar-refractivity contribution < 1.29 is 38.1 Å². The summed E-state index contributed by atoms with van der Waals surface area (Å²) in [5.74, 6) is -0.769. The molecule has 1 aromatic heterocycles. The highest BCUT2D eigenvalue weighted by Crippen LogP contribution is 2.34. The quantitative estimate of drug-likeness (QED) is 0.331. The lowest BCUT2D eigenvalue weighted by Crippen LogP contribution is -2.42. The van der Waals surface area contributed by atoms with Crippen LogP contribution < -0.4 is 19.5 Å². The fraction of sp³-hybridized carbons (Fsp3) is 0.481. The molecule has 10 heteroatoms. The fourth-order valence-electron chi connectivity index (χ4n) is 4.05. The number of aryl methyl sites for hydroxylation is 1. The van der Waals surface area contributed by atoms with E-state index in [9.17, 15) is 14.4 Å². The first-order valence-electron chi connectivity index (χ1n) is 11.9. The third-order valence-electron chi connectivity index (χ3n) is 5.83.